The third-order valence-electron chi connectivity index (χ3n) is 5.64. The Morgan fingerprint density at radius 2 is 1.93 bits per heavy atom. The van der Waals surface area contributed by atoms with Crippen molar-refractivity contribution in [3.8, 4) is 0 Å². The molecule has 0 saturated carbocycles. The Kier molecular flexibility index (Phi) is 6.39. The summed E-state index contributed by atoms with van der Waals surface area (Å²) in [5, 5.41) is 1.62. The minimum atomic E-state index is -3.48. The van der Waals surface area contributed by atoms with Crippen LogP contribution in [0.15, 0.2) is 59.5 Å². The number of likely N-dealkylation sites (tertiary alicyclic amines) is 1. The van der Waals surface area contributed by atoms with Gasteiger partial charge < -0.3 is 0 Å². The van der Waals surface area contributed by atoms with Crippen LogP contribution in [0.5, 0.6) is 0 Å². The van der Waals surface area contributed by atoms with Crippen LogP contribution in [0, 0.1) is 12.8 Å². The van der Waals surface area contributed by atoms with Gasteiger partial charge in [-0.25, -0.2) is 18.1 Å². The van der Waals surface area contributed by atoms with Gasteiger partial charge in [0.25, 0.3) is 0 Å². The van der Waals surface area contributed by atoms with Crippen LogP contribution in [-0.2, 0) is 16.6 Å². The fraction of sp³-hybridized carbons (Fsp3) is 0.348. The normalized spacial score (nSPS) is 18.0. The highest BCUT2D eigenvalue weighted by atomic mass is 35.5. The molecule has 158 valence electrons. The molecule has 1 aromatic heterocycles. The number of piperidine rings is 1. The van der Waals surface area contributed by atoms with E-state index in [-0.39, 0.29) is 5.92 Å². The van der Waals surface area contributed by atoms with Crippen molar-refractivity contribution in [1.82, 2.24) is 14.6 Å². The second kappa shape index (κ2) is 9.02. The second-order valence-electron chi connectivity index (χ2n) is 8.04. The van der Waals surface area contributed by atoms with Crippen LogP contribution in [0.2, 0.25) is 5.15 Å². The summed E-state index contributed by atoms with van der Waals surface area (Å²) in [7, 11) is -3.48. The minimum absolute atomic E-state index is 0.270. The van der Waals surface area contributed by atoms with Crippen LogP contribution >= 0.6 is 11.6 Å². The number of aromatic nitrogens is 1. The Morgan fingerprint density at radius 1 is 1.17 bits per heavy atom. The first kappa shape index (κ1) is 21.2. The third-order valence-corrected chi connectivity index (χ3v) is 7.41. The molecule has 1 aliphatic heterocycles. The zero-order valence-corrected chi connectivity index (χ0v) is 18.6. The first-order chi connectivity index (χ1) is 14.4. The molecule has 1 unspecified atom stereocenters. The standard InChI is InChI=1S/C23H26ClN3O2S/c1-17-8-10-21(11-9-17)30(28,29)25-14-18-5-4-12-27(15-18)16-20-13-19-6-2-3-7-22(19)26-23(20)24/h2-3,6-11,13,18,25H,4-5,12,14-16H2,1H3. The number of benzene rings is 2. The number of sulfonamides is 1. The Bertz CT molecular complexity index is 1130. The first-order valence-electron chi connectivity index (χ1n) is 10.2. The highest BCUT2D eigenvalue weighted by Crippen LogP contribution is 2.24. The zero-order valence-electron chi connectivity index (χ0n) is 17.0. The van der Waals surface area contributed by atoms with Gasteiger partial charge in [-0.3, -0.25) is 4.90 Å². The number of nitrogens with one attached hydrogen (secondary N) is 1. The van der Waals surface area contributed by atoms with E-state index in [0.29, 0.717) is 16.6 Å². The van der Waals surface area contributed by atoms with Gasteiger partial charge in [0.05, 0.1) is 10.4 Å². The summed E-state index contributed by atoms with van der Waals surface area (Å²) in [6.45, 7) is 4.91. The lowest BCUT2D eigenvalue weighted by Crippen LogP contribution is -2.40. The number of fused-ring (bicyclic) bond motifs is 1. The molecule has 0 aliphatic carbocycles. The molecule has 2 heterocycles. The van der Waals surface area contributed by atoms with E-state index < -0.39 is 10.0 Å². The Labute approximate surface area is 183 Å². The molecule has 2 aromatic carbocycles. The smallest absolute Gasteiger partial charge is 0.240 e. The van der Waals surface area contributed by atoms with Crippen molar-refractivity contribution in [2.45, 2.75) is 31.2 Å². The number of nitrogens with zero attached hydrogens (tertiary/aromatic N) is 2. The van der Waals surface area contributed by atoms with E-state index in [4.69, 9.17) is 11.6 Å². The van der Waals surface area contributed by atoms with E-state index >= 15 is 0 Å². The highest BCUT2D eigenvalue weighted by molar-refractivity contribution is 7.89. The maximum atomic E-state index is 12.6. The first-order valence-corrected chi connectivity index (χ1v) is 12.1. The van der Waals surface area contributed by atoms with Crippen LogP contribution in [0.3, 0.4) is 0 Å². The van der Waals surface area contributed by atoms with E-state index in [9.17, 15) is 8.42 Å². The van der Waals surface area contributed by atoms with Gasteiger partial charge in [0, 0.05) is 30.6 Å². The molecular weight excluding hydrogens is 418 g/mol. The number of pyridine rings is 1. The van der Waals surface area contributed by atoms with E-state index in [0.717, 1.165) is 54.5 Å². The Balaban J connectivity index is 1.39. The molecule has 7 heteroatoms. The van der Waals surface area contributed by atoms with Crippen LogP contribution < -0.4 is 4.72 Å². The summed E-state index contributed by atoms with van der Waals surface area (Å²) >= 11 is 6.43. The van der Waals surface area contributed by atoms with Crippen molar-refractivity contribution in [2.75, 3.05) is 19.6 Å². The van der Waals surface area contributed by atoms with Crippen molar-refractivity contribution in [3.63, 3.8) is 0 Å². The number of hydrogen-bond donors (Lipinski definition) is 1. The van der Waals surface area contributed by atoms with Crippen molar-refractivity contribution < 1.29 is 8.42 Å². The number of aryl methyl sites for hydroxylation is 1. The van der Waals surface area contributed by atoms with Crippen molar-refractivity contribution in [1.29, 1.82) is 0 Å². The quantitative estimate of drug-likeness (QED) is 0.574. The molecule has 1 saturated heterocycles. The van der Waals surface area contributed by atoms with E-state index in [1.807, 2.05) is 43.3 Å². The monoisotopic (exact) mass is 443 g/mol. The summed E-state index contributed by atoms with van der Waals surface area (Å²) in [6, 6.07) is 17.0. The van der Waals surface area contributed by atoms with Gasteiger partial charge in [0.15, 0.2) is 0 Å². The molecule has 1 atom stereocenters. The summed E-state index contributed by atoms with van der Waals surface area (Å²) in [5.41, 5.74) is 2.95. The summed E-state index contributed by atoms with van der Waals surface area (Å²) in [5.74, 6) is 0.270. The Morgan fingerprint density at radius 3 is 2.73 bits per heavy atom. The maximum Gasteiger partial charge on any atom is 0.240 e. The molecule has 0 spiro atoms. The molecule has 5 nitrogen and oxygen atoms in total. The topological polar surface area (TPSA) is 62.3 Å². The third kappa shape index (κ3) is 5.01. The Hall–Kier alpha value is -1.99. The van der Waals surface area contributed by atoms with Crippen LogP contribution in [-0.4, -0.2) is 37.9 Å². The summed E-state index contributed by atoms with van der Waals surface area (Å²) in [4.78, 5) is 7.17. The number of para-hydroxylation sites is 1. The molecule has 30 heavy (non-hydrogen) atoms. The molecule has 4 rings (SSSR count). The SMILES string of the molecule is Cc1ccc(S(=O)(=O)NCC2CCCN(Cc3cc4ccccc4nc3Cl)C2)cc1. The second-order valence-corrected chi connectivity index (χ2v) is 10.2. The molecular formula is C23H26ClN3O2S. The number of halogens is 1. The van der Waals surface area contributed by atoms with Crippen molar-refractivity contribution >= 4 is 32.5 Å². The molecule has 0 bridgehead atoms. The fourth-order valence-corrected chi connectivity index (χ4v) is 5.30. The van der Waals surface area contributed by atoms with E-state index in [2.05, 4.69) is 20.7 Å². The van der Waals surface area contributed by atoms with Crippen molar-refractivity contribution in [2.24, 2.45) is 5.92 Å². The van der Waals surface area contributed by atoms with Gasteiger partial charge in [-0.2, -0.15) is 0 Å². The van der Waals surface area contributed by atoms with Gasteiger partial charge >= 0.3 is 0 Å². The fourth-order valence-electron chi connectivity index (χ4n) is 3.98. The lowest BCUT2D eigenvalue weighted by atomic mass is 9.98. The van der Waals surface area contributed by atoms with E-state index in [1.54, 1.807) is 12.1 Å². The van der Waals surface area contributed by atoms with Gasteiger partial charge in [0.2, 0.25) is 10.0 Å². The molecule has 0 radical (unpaired) electrons. The molecule has 3 aromatic rings. The zero-order chi connectivity index (χ0) is 21.1. The van der Waals surface area contributed by atoms with Crippen LogP contribution in [0.4, 0.5) is 0 Å². The predicted molar refractivity (Wildman–Crippen MR) is 121 cm³/mol. The molecule has 1 aliphatic rings. The maximum absolute atomic E-state index is 12.6. The van der Waals surface area contributed by atoms with Gasteiger partial charge in [-0.1, -0.05) is 47.5 Å². The predicted octanol–water partition coefficient (Wildman–Crippen LogP) is 4.39. The van der Waals surface area contributed by atoms with Gasteiger partial charge in [-0.05, 0) is 56.5 Å². The summed E-state index contributed by atoms with van der Waals surface area (Å²) < 4.78 is 27.9. The largest absolute Gasteiger partial charge is 0.299 e. The van der Waals surface area contributed by atoms with Crippen LogP contribution in [0.1, 0.15) is 24.0 Å². The number of hydrogen-bond acceptors (Lipinski definition) is 4. The lowest BCUT2D eigenvalue weighted by Gasteiger charge is -2.33. The van der Waals surface area contributed by atoms with Gasteiger partial charge in [-0.15, -0.1) is 0 Å². The summed E-state index contributed by atoms with van der Waals surface area (Å²) in [6.07, 6.45) is 2.05. The lowest BCUT2D eigenvalue weighted by molar-refractivity contribution is 0.169. The van der Waals surface area contributed by atoms with E-state index in [1.165, 1.54) is 0 Å². The van der Waals surface area contributed by atoms with Gasteiger partial charge in [0.1, 0.15) is 5.15 Å². The van der Waals surface area contributed by atoms with Crippen molar-refractivity contribution in [3.05, 3.63) is 70.9 Å². The van der Waals surface area contributed by atoms with Crippen LogP contribution in [0.25, 0.3) is 10.9 Å². The molecule has 0 amide bonds. The molecule has 1 fully saturated rings. The number of rotatable bonds is 6. The average molecular weight is 444 g/mol. The highest BCUT2D eigenvalue weighted by Gasteiger charge is 2.23. The minimum Gasteiger partial charge on any atom is -0.299 e. The molecule has 1 N–H and O–H groups in total. The average Bonchev–Trinajstić information content (AvgIpc) is 2.73.